The number of benzene rings is 1. The van der Waals surface area contributed by atoms with Crippen LogP contribution in [0.4, 0.5) is 0 Å². The molecule has 1 heterocycles. The molecule has 156 valence electrons. The molecule has 1 aromatic rings. The van der Waals surface area contributed by atoms with Gasteiger partial charge in [-0.25, -0.2) is 0 Å². The van der Waals surface area contributed by atoms with Crippen molar-refractivity contribution in [2.75, 3.05) is 39.8 Å². The number of nitrogens with one attached hydrogen (secondary N) is 2. The van der Waals surface area contributed by atoms with Crippen molar-refractivity contribution in [3.8, 4) is 0 Å². The Balaban J connectivity index is 1.26. The van der Waals surface area contributed by atoms with Crippen LogP contribution in [0.3, 0.4) is 0 Å². The van der Waals surface area contributed by atoms with E-state index in [0.717, 1.165) is 18.4 Å². The van der Waals surface area contributed by atoms with Gasteiger partial charge >= 0.3 is 0 Å². The highest BCUT2D eigenvalue weighted by molar-refractivity contribution is 5.79. The van der Waals surface area contributed by atoms with E-state index < -0.39 is 0 Å². The Labute approximate surface area is 170 Å². The molecule has 0 spiro atoms. The lowest BCUT2D eigenvalue weighted by Crippen LogP contribution is -2.49. The Kier molecular flexibility index (Phi) is 9.11. The fourth-order valence-electron chi connectivity index (χ4n) is 4.39. The molecule has 0 atom stereocenters. The summed E-state index contributed by atoms with van der Waals surface area (Å²) in [4.78, 5) is 7.06. The summed E-state index contributed by atoms with van der Waals surface area (Å²) in [6.45, 7) is 5.85. The predicted molar refractivity (Wildman–Crippen MR) is 117 cm³/mol. The normalized spacial score (nSPS) is 20.2. The van der Waals surface area contributed by atoms with Crippen molar-refractivity contribution in [2.24, 2.45) is 10.9 Å². The second kappa shape index (κ2) is 12.1. The molecule has 0 bridgehead atoms. The van der Waals surface area contributed by atoms with Crippen LogP contribution < -0.4 is 10.6 Å². The van der Waals surface area contributed by atoms with Gasteiger partial charge in [-0.2, -0.15) is 0 Å². The summed E-state index contributed by atoms with van der Waals surface area (Å²) in [5.74, 6) is 1.85. The second-order valence-corrected chi connectivity index (χ2v) is 8.26. The summed E-state index contributed by atoms with van der Waals surface area (Å²) in [5, 5.41) is 6.98. The van der Waals surface area contributed by atoms with Crippen molar-refractivity contribution in [3.63, 3.8) is 0 Å². The van der Waals surface area contributed by atoms with Crippen LogP contribution in [0, 0.1) is 5.92 Å². The molecular formula is C23H38N4O. The van der Waals surface area contributed by atoms with E-state index in [0.29, 0.717) is 19.3 Å². The first kappa shape index (κ1) is 21.1. The van der Waals surface area contributed by atoms with Crippen LogP contribution in [0.5, 0.6) is 0 Å². The fraction of sp³-hybridized carbons (Fsp3) is 0.696. The predicted octanol–water partition coefficient (Wildman–Crippen LogP) is 3.41. The Morgan fingerprint density at radius 2 is 1.82 bits per heavy atom. The molecule has 5 nitrogen and oxygen atoms in total. The molecule has 2 N–H and O–H groups in total. The van der Waals surface area contributed by atoms with Gasteiger partial charge in [0.05, 0.1) is 13.2 Å². The number of nitrogens with zero attached hydrogens (tertiary/aromatic N) is 2. The monoisotopic (exact) mass is 386 g/mol. The number of hydrogen-bond acceptors (Lipinski definition) is 3. The molecule has 2 fully saturated rings. The van der Waals surface area contributed by atoms with Crippen molar-refractivity contribution in [2.45, 2.75) is 57.6 Å². The molecule has 0 amide bonds. The lowest BCUT2D eigenvalue weighted by Gasteiger charge is -2.36. The topological polar surface area (TPSA) is 48.9 Å². The maximum Gasteiger partial charge on any atom is 0.191 e. The average molecular weight is 387 g/mol. The molecule has 28 heavy (non-hydrogen) atoms. The molecule has 1 saturated heterocycles. The Morgan fingerprint density at radius 3 is 2.54 bits per heavy atom. The lowest BCUT2D eigenvalue weighted by atomic mass is 9.88. The number of ether oxygens (including phenoxy) is 1. The molecule has 0 aromatic heterocycles. The van der Waals surface area contributed by atoms with E-state index in [-0.39, 0.29) is 0 Å². The van der Waals surface area contributed by atoms with Crippen molar-refractivity contribution < 1.29 is 4.74 Å². The van der Waals surface area contributed by atoms with Crippen LogP contribution in [-0.4, -0.2) is 56.7 Å². The minimum absolute atomic E-state index is 0.527. The van der Waals surface area contributed by atoms with Gasteiger partial charge in [-0.1, -0.05) is 49.6 Å². The summed E-state index contributed by atoms with van der Waals surface area (Å²) in [6.07, 6.45) is 9.64. The maximum atomic E-state index is 5.74. The van der Waals surface area contributed by atoms with Crippen molar-refractivity contribution in [3.05, 3.63) is 35.9 Å². The highest BCUT2D eigenvalue weighted by atomic mass is 16.5. The number of aliphatic imine (C=N–C) groups is 1. The van der Waals surface area contributed by atoms with Crippen LogP contribution in [0.2, 0.25) is 0 Å². The molecule has 1 saturated carbocycles. The summed E-state index contributed by atoms with van der Waals surface area (Å²) in [6, 6.07) is 10.8. The Bertz CT molecular complexity index is 563. The maximum absolute atomic E-state index is 5.74. The summed E-state index contributed by atoms with van der Waals surface area (Å²) in [7, 11) is 1.85. The first-order chi connectivity index (χ1) is 13.8. The fourth-order valence-corrected chi connectivity index (χ4v) is 4.39. The van der Waals surface area contributed by atoms with Crippen molar-refractivity contribution in [1.29, 1.82) is 0 Å². The highest BCUT2D eigenvalue weighted by Crippen LogP contribution is 2.25. The lowest BCUT2D eigenvalue weighted by molar-refractivity contribution is 0.125. The molecule has 1 aliphatic heterocycles. The number of likely N-dealkylation sites (tertiary alicyclic amines) is 1. The Hall–Kier alpha value is -1.59. The van der Waals surface area contributed by atoms with Gasteiger partial charge in [-0.05, 0) is 37.2 Å². The minimum atomic E-state index is 0.527. The van der Waals surface area contributed by atoms with E-state index in [9.17, 15) is 0 Å². The zero-order valence-electron chi connectivity index (χ0n) is 17.5. The van der Waals surface area contributed by atoms with Gasteiger partial charge < -0.3 is 20.3 Å². The van der Waals surface area contributed by atoms with E-state index in [4.69, 9.17) is 4.74 Å². The van der Waals surface area contributed by atoms with Crippen LogP contribution in [-0.2, 0) is 11.3 Å². The van der Waals surface area contributed by atoms with E-state index >= 15 is 0 Å². The first-order valence-electron chi connectivity index (χ1n) is 11.1. The zero-order valence-corrected chi connectivity index (χ0v) is 17.5. The third-order valence-electron chi connectivity index (χ3n) is 6.04. The van der Waals surface area contributed by atoms with Crippen molar-refractivity contribution in [1.82, 2.24) is 15.5 Å². The third-order valence-corrected chi connectivity index (χ3v) is 6.04. The van der Waals surface area contributed by atoms with Gasteiger partial charge in [0, 0.05) is 39.3 Å². The van der Waals surface area contributed by atoms with E-state index in [2.05, 4.69) is 32.7 Å². The quantitative estimate of drug-likeness (QED) is 0.408. The number of rotatable bonds is 8. The largest absolute Gasteiger partial charge is 0.375 e. The van der Waals surface area contributed by atoms with Crippen LogP contribution >= 0.6 is 0 Å². The summed E-state index contributed by atoms with van der Waals surface area (Å²) >= 11 is 0. The van der Waals surface area contributed by atoms with Gasteiger partial charge in [0.25, 0.3) is 0 Å². The molecule has 2 aliphatic rings. The molecule has 1 aliphatic carbocycles. The van der Waals surface area contributed by atoms with Crippen molar-refractivity contribution >= 4 is 5.96 Å². The van der Waals surface area contributed by atoms with Gasteiger partial charge in [0.1, 0.15) is 0 Å². The molecular weight excluding hydrogens is 348 g/mol. The zero-order chi connectivity index (χ0) is 19.4. The molecule has 3 rings (SSSR count). The first-order valence-corrected chi connectivity index (χ1v) is 11.1. The molecule has 1 aromatic carbocycles. The van der Waals surface area contributed by atoms with Gasteiger partial charge in [0.2, 0.25) is 0 Å². The van der Waals surface area contributed by atoms with Gasteiger partial charge in [-0.15, -0.1) is 0 Å². The SMILES string of the molecule is CN=C(NCCOCc1ccccc1)NC1CCN(CC2CCCCC2)CC1. The van der Waals surface area contributed by atoms with Crippen LogP contribution in [0.15, 0.2) is 35.3 Å². The van der Waals surface area contributed by atoms with E-state index in [1.54, 1.807) is 0 Å². The minimum Gasteiger partial charge on any atom is -0.375 e. The third kappa shape index (κ3) is 7.44. The summed E-state index contributed by atoms with van der Waals surface area (Å²) < 4.78 is 5.74. The van der Waals surface area contributed by atoms with Crippen LogP contribution in [0.25, 0.3) is 0 Å². The summed E-state index contributed by atoms with van der Waals surface area (Å²) in [5.41, 5.74) is 1.21. The standard InChI is InChI=1S/C23H38N4O/c1-24-23(25-14-17-28-19-21-10-6-3-7-11-21)26-22-12-15-27(16-13-22)18-20-8-4-2-5-9-20/h3,6-7,10-11,20,22H,2,4-5,8-9,12-19H2,1H3,(H2,24,25,26). The van der Waals surface area contributed by atoms with Gasteiger partial charge in [-0.3, -0.25) is 4.99 Å². The van der Waals surface area contributed by atoms with E-state index in [1.807, 2.05) is 25.2 Å². The number of hydrogen-bond donors (Lipinski definition) is 2. The molecule has 0 radical (unpaired) electrons. The number of piperidine rings is 1. The van der Waals surface area contributed by atoms with Crippen LogP contribution in [0.1, 0.15) is 50.5 Å². The van der Waals surface area contributed by atoms with Gasteiger partial charge in [0.15, 0.2) is 5.96 Å². The second-order valence-electron chi connectivity index (χ2n) is 8.26. The molecule has 0 unspecified atom stereocenters. The smallest absolute Gasteiger partial charge is 0.191 e. The van der Waals surface area contributed by atoms with E-state index in [1.165, 1.54) is 70.1 Å². The molecule has 5 heteroatoms. The highest BCUT2D eigenvalue weighted by Gasteiger charge is 2.23. The number of guanidine groups is 1. The Morgan fingerprint density at radius 1 is 1.07 bits per heavy atom. The average Bonchev–Trinajstić information content (AvgIpc) is 2.75.